The Balaban J connectivity index is 2.17. The van der Waals surface area contributed by atoms with Crippen molar-refractivity contribution in [1.29, 1.82) is 0 Å². The van der Waals surface area contributed by atoms with Gasteiger partial charge in [0, 0.05) is 6.42 Å². The van der Waals surface area contributed by atoms with Crippen LogP contribution < -0.4 is 5.32 Å². The summed E-state index contributed by atoms with van der Waals surface area (Å²) in [6, 6.07) is -0.813. The monoisotopic (exact) mass is 978 g/mol. The Kier molecular flexibility index (Phi) is 45.8. The fourth-order valence-corrected chi connectivity index (χ4v) is 8.17. The molecule has 1 rings (SSSR count). The first-order valence-electron chi connectivity index (χ1n) is 28.1. The van der Waals surface area contributed by atoms with E-state index in [1.807, 2.05) is 6.08 Å². The topological polar surface area (TPSA) is 149 Å². The van der Waals surface area contributed by atoms with Crippen LogP contribution in [0.3, 0.4) is 0 Å². The van der Waals surface area contributed by atoms with Gasteiger partial charge in [-0.1, -0.05) is 232 Å². The SMILES string of the molecule is CC/C=C\C/C=C\C/C=C\C/C=C\C/C=C\C/C=C\C/C=C\C/C=C\CCCCCCCCCCCCC(=O)NC(COC1OC(CO)C(O)C(O)C1O)C(O)/C=C/CCCCCCCCCCCC. The second-order valence-electron chi connectivity index (χ2n) is 19.0. The van der Waals surface area contributed by atoms with Gasteiger partial charge in [-0.15, -0.1) is 0 Å². The van der Waals surface area contributed by atoms with Crippen molar-refractivity contribution in [3.8, 4) is 0 Å². The lowest BCUT2D eigenvalue weighted by Gasteiger charge is -2.40. The van der Waals surface area contributed by atoms with E-state index in [1.165, 1.54) is 89.9 Å². The molecule has 0 aromatic heterocycles. The zero-order chi connectivity index (χ0) is 50.8. The van der Waals surface area contributed by atoms with Gasteiger partial charge in [-0.3, -0.25) is 4.79 Å². The predicted octanol–water partition coefficient (Wildman–Crippen LogP) is 13.8. The molecule has 1 aliphatic heterocycles. The Morgan fingerprint density at radius 1 is 0.500 bits per heavy atom. The minimum Gasteiger partial charge on any atom is -0.394 e. The van der Waals surface area contributed by atoms with Crippen LogP contribution in [0.15, 0.2) is 109 Å². The molecule has 0 saturated carbocycles. The quantitative estimate of drug-likeness (QED) is 0.0261. The molecule has 6 N–H and O–H groups in total. The summed E-state index contributed by atoms with van der Waals surface area (Å²) in [5.41, 5.74) is 0. The van der Waals surface area contributed by atoms with E-state index in [1.54, 1.807) is 6.08 Å². The molecule has 9 nitrogen and oxygen atoms in total. The minimum absolute atomic E-state index is 0.187. The Bertz CT molecular complexity index is 1460. The van der Waals surface area contributed by atoms with E-state index in [2.05, 4.69) is 116 Å². The Morgan fingerprint density at radius 3 is 1.31 bits per heavy atom. The molecule has 0 aliphatic carbocycles. The smallest absolute Gasteiger partial charge is 0.220 e. The number of hydrogen-bond acceptors (Lipinski definition) is 8. The van der Waals surface area contributed by atoms with E-state index in [9.17, 15) is 30.3 Å². The Hall–Kier alpha value is -3.15. The van der Waals surface area contributed by atoms with Crippen molar-refractivity contribution < 1.29 is 39.8 Å². The molecule has 9 heteroatoms. The molecule has 1 saturated heterocycles. The molecule has 0 bridgehead atoms. The van der Waals surface area contributed by atoms with Crippen molar-refractivity contribution in [2.45, 2.75) is 256 Å². The summed E-state index contributed by atoms with van der Waals surface area (Å²) in [5, 5.41) is 54.3. The van der Waals surface area contributed by atoms with Crippen LogP contribution in [0, 0.1) is 0 Å². The van der Waals surface area contributed by atoms with Crippen LogP contribution in [0.5, 0.6) is 0 Å². The number of aliphatic hydroxyl groups excluding tert-OH is 5. The van der Waals surface area contributed by atoms with E-state index in [0.29, 0.717) is 6.42 Å². The average Bonchev–Trinajstić information content (AvgIpc) is 3.36. The van der Waals surface area contributed by atoms with Crippen LogP contribution >= 0.6 is 0 Å². The molecule has 400 valence electrons. The highest BCUT2D eigenvalue weighted by Crippen LogP contribution is 2.23. The molecule has 0 radical (unpaired) electrons. The molecule has 1 aliphatic rings. The number of ether oxygens (including phenoxy) is 2. The third kappa shape index (κ3) is 38.5. The lowest BCUT2D eigenvalue weighted by molar-refractivity contribution is -0.302. The Labute approximate surface area is 427 Å². The first kappa shape index (κ1) is 64.9. The summed E-state index contributed by atoms with van der Waals surface area (Å²) in [4.78, 5) is 13.0. The number of hydrogen-bond donors (Lipinski definition) is 6. The van der Waals surface area contributed by atoms with Gasteiger partial charge in [0.2, 0.25) is 5.91 Å². The van der Waals surface area contributed by atoms with Gasteiger partial charge in [-0.2, -0.15) is 0 Å². The number of carbonyl (C=O) groups excluding carboxylic acids is 1. The number of nitrogens with one attached hydrogen (secondary N) is 1. The van der Waals surface area contributed by atoms with Gasteiger partial charge in [0.1, 0.15) is 24.4 Å². The average molecular weight is 978 g/mol. The lowest BCUT2D eigenvalue weighted by atomic mass is 9.99. The van der Waals surface area contributed by atoms with Crippen LogP contribution in [0.4, 0.5) is 0 Å². The van der Waals surface area contributed by atoms with Crippen molar-refractivity contribution in [3.05, 3.63) is 109 Å². The van der Waals surface area contributed by atoms with Crippen LogP contribution in [0.2, 0.25) is 0 Å². The summed E-state index contributed by atoms with van der Waals surface area (Å²) >= 11 is 0. The summed E-state index contributed by atoms with van der Waals surface area (Å²) in [5.74, 6) is -0.187. The minimum atomic E-state index is -1.57. The van der Waals surface area contributed by atoms with Gasteiger partial charge in [0.15, 0.2) is 6.29 Å². The first-order valence-corrected chi connectivity index (χ1v) is 28.1. The second kappa shape index (κ2) is 49.4. The number of aliphatic hydroxyl groups is 5. The molecule has 0 aromatic carbocycles. The van der Waals surface area contributed by atoms with E-state index < -0.39 is 49.5 Å². The summed E-state index contributed by atoms with van der Waals surface area (Å²) in [7, 11) is 0. The fraction of sp³-hybridized carbons (Fsp3) is 0.689. The maximum atomic E-state index is 13.0. The van der Waals surface area contributed by atoms with Crippen molar-refractivity contribution in [2.24, 2.45) is 0 Å². The van der Waals surface area contributed by atoms with Crippen molar-refractivity contribution >= 4 is 5.91 Å². The summed E-state index contributed by atoms with van der Waals surface area (Å²) in [6.07, 6.45) is 65.8. The molecular weight excluding hydrogens is 875 g/mol. The van der Waals surface area contributed by atoms with E-state index >= 15 is 0 Å². The molecule has 1 fully saturated rings. The fourth-order valence-electron chi connectivity index (χ4n) is 8.17. The van der Waals surface area contributed by atoms with Crippen molar-refractivity contribution in [3.63, 3.8) is 0 Å². The number of carbonyl (C=O) groups is 1. The molecule has 7 atom stereocenters. The molecule has 0 spiro atoms. The highest BCUT2D eigenvalue weighted by molar-refractivity contribution is 5.76. The van der Waals surface area contributed by atoms with Gasteiger partial charge < -0.3 is 40.3 Å². The van der Waals surface area contributed by atoms with E-state index in [-0.39, 0.29) is 12.5 Å². The molecule has 1 heterocycles. The van der Waals surface area contributed by atoms with Crippen molar-refractivity contribution in [1.82, 2.24) is 5.32 Å². The molecular formula is C61H103NO8. The summed E-state index contributed by atoms with van der Waals surface area (Å²) < 4.78 is 11.2. The standard InChI is InChI=1S/C61H103NO8/c1-3-5-7-9-11-13-15-17-18-19-20-21-22-23-24-25-26-27-28-29-30-31-32-33-34-35-36-37-38-39-41-43-45-47-49-51-57(65)62-54(53-69-61-60(68)59(67)58(66)56(52-63)70-61)55(64)50-48-46-44-42-40-16-14-12-10-8-6-4-2/h5,7,11,13,17-18,20-21,23-24,26-27,29-30,32-33,48,50,54-56,58-61,63-64,66-68H,3-4,6,8-10,12,14-16,19,22,25,28,31,34-47,49,51-53H2,1-2H3,(H,62,65)/b7-5-,13-11-,18-17-,21-20-,24-23-,27-26-,30-29-,33-32-,50-48+. The number of unbranched alkanes of at least 4 members (excludes halogenated alkanes) is 20. The second-order valence-corrected chi connectivity index (χ2v) is 19.0. The molecule has 1 amide bonds. The highest BCUT2D eigenvalue weighted by atomic mass is 16.7. The Morgan fingerprint density at radius 2 is 0.886 bits per heavy atom. The maximum absolute atomic E-state index is 13.0. The lowest BCUT2D eigenvalue weighted by Crippen LogP contribution is -2.60. The van der Waals surface area contributed by atoms with Crippen molar-refractivity contribution in [2.75, 3.05) is 13.2 Å². The molecule has 7 unspecified atom stereocenters. The van der Waals surface area contributed by atoms with E-state index in [0.717, 1.165) is 103 Å². The van der Waals surface area contributed by atoms with Gasteiger partial charge in [0.05, 0.1) is 25.4 Å². The summed E-state index contributed by atoms with van der Waals surface area (Å²) in [6.45, 7) is 3.64. The third-order valence-electron chi connectivity index (χ3n) is 12.6. The zero-order valence-corrected chi connectivity index (χ0v) is 44.2. The molecule has 70 heavy (non-hydrogen) atoms. The largest absolute Gasteiger partial charge is 0.394 e. The number of amides is 1. The highest BCUT2D eigenvalue weighted by Gasteiger charge is 2.44. The maximum Gasteiger partial charge on any atom is 0.220 e. The zero-order valence-electron chi connectivity index (χ0n) is 44.2. The number of rotatable bonds is 46. The van der Waals surface area contributed by atoms with E-state index in [4.69, 9.17) is 9.47 Å². The normalized spacial score (nSPS) is 20.2. The van der Waals surface area contributed by atoms with Crippen LogP contribution in [0.25, 0.3) is 0 Å². The van der Waals surface area contributed by atoms with Crippen LogP contribution in [-0.2, 0) is 14.3 Å². The number of allylic oxidation sites excluding steroid dienone is 17. The van der Waals surface area contributed by atoms with Gasteiger partial charge >= 0.3 is 0 Å². The van der Waals surface area contributed by atoms with Gasteiger partial charge in [0.25, 0.3) is 0 Å². The van der Waals surface area contributed by atoms with Crippen LogP contribution in [0.1, 0.15) is 213 Å². The third-order valence-corrected chi connectivity index (χ3v) is 12.6. The molecule has 0 aromatic rings. The van der Waals surface area contributed by atoms with Gasteiger partial charge in [-0.25, -0.2) is 0 Å². The van der Waals surface area contributed by atoms with Gasteiger partial charge in [-0.05, 0) is 83.5 Å². The predicted molar refractivity (Wildman–Crippen MR) is 294 cm³/mol. The first-order chi connectivity index (χ1) is 34.3. The van der Waals surface area contributed by atoms with Crippen LogP contribution in [-0.4, -0.2) is 87.5 Å².